The van der Waals surface area contributed by atoms with Gasteiger partial charge in [-0.05, 0) is 49.9 Å². The van der Waals surface area contributed by atoms with Gasteiger partial charge in [0.05, 0.1) is 5.56 Å². The van der Waals surface area contributed by atoms with Crippen molar-refractivity contribution in [3.8, 4) is 5.75 Å². The number of carbonyl (C=O) groups excluding carboxylic acids is 1. The maximum absolute atomic E-state index is 12.1. The van der Waals surface area contributed by atoms with E-state index in [1.165, 1.54) is 12.8 Å². The molecular formula is C16H24N2O2. The van der Waals surface area contributed by atoms with E-state index in [1.807, 2.05) is 13.0 Å². The van der Waals surface area contributed by atoms with Crippen LogP contribution in [0.15, 0.2) is 18.2 Å². The quantitative estimate of drug-likeness (QED) is 0.790. The summed E-state index contributed by atoms with van der Waals surface area (Å²) in [4.78, 5) is 12.1. The minimum absolute atomic E-state index is 0.0474. The van der Waals surface area contributed by atoms with E-state index in [2.05, 4.69) is 17.6 Å². The average Bonchev–Trinajstić information content (AvgIpc) is 2.45. The van der Waals surface area contributed by atoms with Gasteiger partial charge in [-0.1, -0.05) is 19.4 Å². The zero-order chi connectivity index (χ0) is 14.5. The Hall–Kier alpha value is -1.55. The van der Waals surface area contributed by atoms with Crippen LogP contribution >= 0.6 is 0 Å². The van der Waals surface area contributed by atoms with Gasteiger partial charge < -0.3 is 15.7 Å². The number of amides is 1. The smallest absolute Gasteiger partial charge is 0.255 e. The number of hydrogen-bond acceptors (Lipinski definition) is 3. The minimum Gasteiger partial charge on any atom is -0.507 e. The number of phenolic OH excluding ortho intramolecular Hbond substituents is 1. The van der Waals surface area contributed by atoms with E-state index in [9.17, 15) is 9.90 Å². The van der Waals surface area contributed by atoms with Crippen LogP contribution < -0.4 is 10.6 Å². The Bertz CT molecular complexity index is 474. The predicted octanol–water partition coefficient (Wildman–Crippen LogP) is 2.21. The summed E-state index contributed by atoms with van der Waals surface area (Å²) in [5.74, 6) is 0.464. The molecule has 1 fully saturated rings. The number of carbonyl (C=O) groups is 1. The van der Waals surface area contributed by atoms with Crippen LogP contribution in [0.2, 0.25) is 0 Å². The van der Waals surface area contributed by atoms with Crippen molar-refractivity contribution >= 4 is 5.91 Å². The summed E-state index contributed by atoms with van der Waals surface area (Å²) in [5.41, 5.74) is 1.29. The first-order valence-corrected chi connectivity index (χ1v) is 7.43. The molecule has 2 unspecified atom stereocenters. The van der Waals surface area contributed by atoms with Crippen molar-refractivity contribution in [3.63, 3.8) is 0 Å². The molecule has 20 heavy (non-hydrogen) atoms. The van der Waals surface area contributed by atoms with Crippen LogP contribution in [0.5, 0.6) is 5.75 Å². The Morgan fingerprint density at radius 2 is 2.30 bits per heavy atom. The highest BCUT2D eigenvalue weighted by molar-refractivity contribution is 5.96. The lowest BCUT2D eigenvalue weighted by molar-refractivity contribution is 0.0939. The third-order valence-corrected chi connectivity index (χ3v) is 4.13. The predicted molar refractivity (Wildman–Crippen MR) is 80.0 cm³/mol. The molecule has 0 saturated carbocycles. The van der Waals surface area contributed by atoms with Crippen LogP contribution in [-0.4, -0.2) is 30.1 Å². The minimum atomic E-state index is -0.204. The van der Waals surface area contributed by atoms with Crippen LogP contribution in [0.4, 0.5) is 0 Å². The lowest BCUT2D eigenvalue weighted by Gasteiger charge is -2.32. The zero-order valence-corrected chi connectivity index (χ0v) is 12.3. The molecular weight excluding hydrogens is 252 g/mol. The van der Waals surface area contributed by atoms with Gasteiger partial charge in [0.15, 0.2) is 0 Å². The zero-order valence-electron chi connectivity index (χ0n) is 12.3. The standard InChI is InChI=1S/C16H24N2O2/c1-3-12-5-4-8-17-14(12)10-18-16(20)13-7-6-11(2)9-15(13)19/h6-7,9,12,14,17,19H,3-5,8,10H2,1-2H3,(H,18,20). The van der Waals surface area contributed by atoms with E-state index in [1.54, 1.807) is 12.1 Å². The first kappa shape index (κ1) is 14.9. The molecule has 1 aromatic rings. The normalized spacial score (nSPS) is 22.5. The van der Waals surface area contributed by atoms with E-state index in [-0.39, 0.29) is 11.7 Å². The van der Waals surface area contributed by atoms with Gasteiger partial charge in [-0.15, -0.1) is 0 Å². The summed E-state index contributed by atoms with van der Waals surface area (Å²) in [6.07, 6.45) is 3.56. The van der Waals surface area contributed by atoms with Crippen molar-refractivity contribution in [3.05, 3.63) is 29.3 Å². The number of piperidine rings is 1. The molecule has 0 bridgehead atoms. The molecule has 1 aromatic carbocycles. The second-order valence-electron chi connectivity index (χ2n) is 5.60. The first-order chi connectivity index (χ1) is 9.61. The highest BCUT2D eigenvalue weighted by atomic mass is 16.3. The molecule has 1 amide bonds. The lowest BCUT2D eigenvalue weighted by Crippen LogP contribution is -2.48. The second-order valence-corrected chi connectivity index (χ2v) is 5.60. The number of nitrogens with one attached hydrogen (secondary N) is 2. The maximum Gasteiger partial charge on any atom is 0.255 e. The third-order valence-electron chi connectivity index (χ3n) is 4.13. The number of aryl methyl sites for hydroxylation is 1. The second kappa shape index (κ2) is 6.75. The van der Waals surface area contributed by atoms with Gasteiger partial charge in [0.1, 0.15) is 5.75 Å². The largest absolute Gasteiger partial charge is 0.507 e. The van der Waals surface area contributed by atoms with Crippen molar-refractivity contribution in [1.29, 1.82) is 0 Å². The summed E-state index contributed by atoms with van der Waals surface area (Å²) < 4.78 is 0. The van der Waals surface area contributed by atoms with Crippen LogP contribution in [0.25, 0.3) is 0 Å². The fraction of sp³-hybridized carbons (Fsp3) is 0.562. The molecule has 3 N–H and O–H groups in total. The van der Waals surface area contributed by atoms with Crippen LogP contribution in [0, 0.1) is 12.8 Å². The molecule has 1 saturated heterocycles. The molecule has 1 heterocycles. The Morgan fingerprint density at radius 1 is 1.50 bits per heavy atom. The molecule has 0 aromatic heterocycles. The maximum atomic E-state index is 12.1. The summed E-state index contributed by atoms with van der Waals surface area (Å²) in [6, 6.07) is 5.46. The van der Waals surface area contributed by atoms with Crippen molar-refractivity contribution in [2.24, 2.45) is 5.92 Å². The highest BCUT2D eigenvalue weighted by Crippen LogP contribution is 2.20. The number of aromatic hydroxyl groups is 1. The SMILES string of the molecule is CCC1CCCNC1CNC(=O)c1ccc(C)cc1O. The Morgan fingerprint density at radius 3 is 3.00 bits per heavy atom. The van der Waals surface area contributed by atoms with Crippen LogP contribution in [-0.2, 0) is 0 Å². The van der Waals surface area contributed by atoms with E-state index in [0.29, 0.717) is 24.1 Å². The van der Waals surface area contributed by atoms with Crippen LogP contribution in [0.1, 0.15) is 42.1 Å². The van der Waals surface area contributed by atoms with Gasteiger partial charge in [0.25, 0.3) is 5.91 Å². The molecule has 1 aliphatic rings. The Labute approximate surface area is 120 Å². The van der Waals surface area contributed by atoms with Gasteiger partial charge in [0.2, 0.25) is 0 Å². The Kier molecular flexibility index (Phi) is 5.01. The molecule has 110 valence electrons. The summed E-state index contributed by atoms with van der Waals surface area (Å²) in [6.45, 7) is 5.72. The number of benzene rings is 1. The van der Waals surface area contributed by atoms with Crippen LogP contribution in [0.3, 0.4) is 0 Å². The number of hydrogen-bond donors (Lipinski definition) is 3. The fourth-order valence-electron chi connectivity index (χ4n) is 2.88. The van der Waals surface area contributed by atoms with Gasteiger partial charge >= 0.3 is 0 Å². The van der Waals surface area contributed by atoms with Crippen molar-refractivity contribution < 1.29 is 9.90 Å². The number of rotatable bonds is 4. The van der Waals surface area contributed by atoms with Gasteiger partial charge in [-0.3, -0.25) is 4.79 Å². The lowest BCUT2D eigenvalue weighted by atomic mass is 9.88. The molecule has 0 spiro atoms. The molecule has 4 heteroatoms. The highest BCUT2D eigenvalue weighted by Gasteiger charge is 2.23. The number of phenols is 1. The van der Waals surface area contributed by atoms with Crippen molar-refractivity contribution in [2.45, 2.75) is 39.2 Å². The molecule has 1 aliphatic heterocycles. The van der Waals surface area contributed by atoms with Gasteiger partial charge in [0, 0.05) is 12.6 Å². The molecule has 0 radical (unpaired) electrons. The average molecular weight is 276 g/mol. The van der Waals surface area contributed by atoms with E-state index in [4.69, 9.17) is 0 Å². The van der Waals surface area contributed by atoms with Crippen molar-refractivity contribution in [2.75, 3.05) is 13.1 Å². The van der Waals surface area contributed by atoms with Crippen molar-refractivity contribution in [1.82, 2.24) is 10.6 Å². The Balaban J connectivity index is 1.94. The summed E-state index contributed by atoms with van der Waals surface area (Å²) in [5, 5.41) is 16.2. The summed E-state index contributed by atoms with van der Waals surface area (Å²) in [7, 11) is 0. The fourth-order valence-corrected chi connectivity index (χ4v) is 2.88. The molecule has 4 nitrogen and oxygen atoms in total. The molecule has 0 aliphatic carbocycles. The monoisotopic (exact) mass is 276 g/mol. The first-order valence-electron chi connectivity index (χ1n) is 7.43. The van der Waals surface area contributed by atoms with E-state index < -0.39 is 0 Å². The molecule has 2 rings (SSSR count). The van der Waals surface area contributed by atoms with E-state index in [0.717, 1.165) is 18.5 Å². The van der Waals surface area contributed by atoms with E-state index >= 15 is 0 Å². The molecule has 2 atom stereocenters. The van der Waals surface area contributed by atoms with Gasteiger partial charge in [-0.25, -0.2) is 0 Å². The van der Waals surface area contributed by atoms with Gasteiger partial charge in [-0.2, -0.15) is 0 Å². The summed E-state index contributed by atoms with van der Waals surface area (Å²) >= 11 is 0. The third kappa shape index (κ3) is 3.51. The topological polar surface area (TPSA) is 61.4 Å².